The van der Waals surface area contributed by atoms with Gasteiger partial charge in [0.05, 0.1) is 23.1 Å². The minimum Gasteiger partial charge on any atom is -0.339 e. The van der Waals surface area contributed by atoms with Gasteiger partial charge in [-0.3, -0.25) is 9.59 Å². The molecular weight excluding hydrogens is 378 g/mol. The van der Waals surface area contributed by atoms with E-state index in [0.29, 0.717) is 40.9 Å². The number of halogens is 2. The number of hydrogen-bond acceptors (Lipinski definition) is 3. The van der Waals surface area contributed by atoms with E-state index < -0.39 is 17.2 Å². The zero-order valence-corrected chi connectivity index (χ0v) is 17.2. The minimum absolute atomic E-state index is 0.116. The highest BCUT2D eigenvalue weighted by atomic mass is 19.1. The molecule has 6 nitrogen and oxygen atoms in total. The highest BCUT2D eigenvalue weighted by molar-refractivity contribution is 6.02. The van der Waals surface area contributed by atoms with Gasteiger partial charge in [0.2, 0.25) is 0 Å². The Bertz CT molecular complexity index is 1160. The zero-order valence-electron chi connectivity index (χ0n) is 17.2. The van der Waals surface area contributed by atoms with Crippen molar-refractivity contribution in [2.45, 2.75) is 40.8 Å². The van der Waals surface area contributed by atoms with E-state index in [-0.39, 0.29) is 18.0 Å². The number of carbonyl (C=O) groups excluding carboxylic acids is 1. The lowest BCUT2D eigenvalue weighted by molar-refractivity contribution is 0.0750. The second-order valence-corrected chi connectivity index (χ2v) is 6.86. The maximum absolute atomic E-state index is 14.0. The fourth-order valence-corrected chi connectivity index (χ4v) is 3.74. The number of aryl methyl sites for hydroxylation is 2. The van der Waals surface area contributed by atoms with E-state index in [2.05, 4.69) is 5.10 Å². The van der Waals surface area contributed by atoms with Gasteiger partial charge < -0.3 is 9.47 Å². The van der Waals surface area contributed by atoms with Gasteiger partial charge in [0.25, 0.3) is 11.5 Å². The predicted octanol–water partition coefficient (Wildman–Crippen LogP) is 3.25. The second-order valence-electron chi connectivity index (χ2n) is 6.86. The first-order chi connectivity index (χ1) is 13.8. The van der Waals surface area contributed by atoms with Crippen molar-refractivity contribution in [3.63, 3.8) is 0 Å². The summed E-state index contributed by atoms with van der Waals surface area (Å²) in [5.74, 6) is -1.54. The van der Waals surface area contributed by atoms with Crippen LogP contribution in [0.25, 0.3) is 10.9 Å². The number of aromatic nitrogens is 3. The van der Waals surface area contributed by atoms with Crippen LogP contribution in [0.4, 0.5) is 8.78 Å². The first-order valence-electron chi connectivity index (χ1n) is 9.59. The van der Waals surface area contributed by atoms with Crippen LogP contribution in [0.5, 0.6) is 0 Å². The summed E-state index contributed by atoms with van der Waals surface area (Å²) in [6.07, 6.45) is 0. The molecule has 0 bridgehead atoms. The monoisotopic (exact) mass is 402 g/mol. The molecule has 0 fully saturated rings. The quantitative estimate of drug-likeness (QED) is 0.661. The van der Waals surface area contributed by atoms with Crippen LogP contribution in [-0.2, 0) is 13.1 Å². The van der Waals surface area contributed by atoms with Gasteiger partial charge in [0, 0.05) is 31.8 Å². The summed E-state index contributed by atoms with van der Waals surface area (Å²) in [4.78, 5) is 27.3. The summed E-state index contributed by atoms with van der Waals surface area (Å²) < 4.78 is 30.1. The summed E-state index contributed by atoms with van der Waals surface area (Å²) in [6, 6.07) is 3.22. The van der Waals surface area contributed by atoms with Crippen molar-refractivity contribution in [2.24, 2.45) is 0 Å². The van der Waals surface area contributed by atoms with E-state index in [1.807, 2.05) is 18.4 Å². The van der Waals surface area contributed by atoms with Crippen molar-refractivity contribution in [2.75, 3.05) is 13.6 Å². The van der Waals surface area contributed by atoms with Gasteiger partial charge in [-0.2, -0.15) is 5.10 Å². The van der Waals surface area contributed by atoms with Crippen molar-refractivity contribution in [1.82, 2.24) is 19.2 Å². The number of nitrogens with zero attached hydrogens (tertiary/aromatic N) is 4. The molecule has 1 aliphatic rings. The Morgan fingerprint density at radius 2 is 1.79 bits per heavy atom. The van der Waals surface area contributed by atoms with Crippen molar-refractivity contribution in [3.05, 3.63) is 62.7 Å². The average molecular weight is 402 g/mol. The average Bonchev–Trinajstić information content (AvgIpc) is 3.00. The largest absolute Gasteiger partial charge is 0.339 e. The molecule has 29 heavy (non-hydrogen) atoms. The molecule has 154 valence electrons. The molecule has 3 aromatic rings. The van der Waals surface area contributed by atoms with Gasteiger partial charge in [-0.25, -0.2) is 13.5 Å². The number of amides is 1. The summed E-state index contributed by atoms with van der Waals surface area (Å²) in [5, 5.41) is 4.74. The van der Waals surface area contributed by atoms with Crippen LogP contribution in [0.1, 0.15) is 41.2 Å². The first kappa shape index (κ1) is 20.7. The topological polar surface area (TPSA) is 60.1 Å². The van der Waals surface area contributed by atoms with E-state index in [9.17, 15) is 18.4 Å². The van der Waals surface area contributed by atoms with Gasteiger partial charge in [0.15, 0.2) is 0 Å². The Morgan fingerprint density at radius 3 is 2.45 bits per heavy atom. The minimum atomic E-state index is -0.730. The molecule has 3 heterocycles. The second kappa shape index (κ2) is 7.77. The molecular formula is C21H24F2N4O2. The van der Waals surface area contributed by atoms with Gasteiger partial charge in [0.1, 0.15) is 17.3 Å². The Morgan fingerprint density at radius 1 is 1.10 bits per heavy atom. The number of fused-ring (bicyclic) bond motifs is 3. The molecule has 8 heteroatoms. The SMILES string of the molecule is CC.Cc1c2n(c3c(C)nn(Cc4ccc(F)cc4F)c(=O)c13)CCN(C)C2=O. The molecule has 1 amide bonds. The van der Waals surface area contributed by atoms with E-state index in [1.54, 1.807) is 25.8 Å². The first-order valence-corrected chi connectivity index (χ1v) is 9.59. The van der Waals surface area contributed by atoms with Gasteiger partial charge in [-0.1, -0.05) is 19.9 Å². The normalized spacial score (nSPS) is 13.3. The number of carbonyl (C=O) groups is 1. The number of hydrogen-bond donors (Lipinski definition) is 0. The van der Waals surface area contributed by atoms with Gasteiger partial charge >= 0.3 is 0 Å². The van der Waals surface area contributed by atoms with Crippen LogP contribution in [0.3, 0.4) is 0 Å². The Kier molecular flexibility index (Phi) is 5.55. The summed E-state index contributed by atoms with van der Waals surface area (Å²) in [5.41, 5.74) is 2.09. The molecule has 0 atom stereocenters. The fraction of sp³-hybridized carbons (Fsp3) is 0.381. The molecule has 0 saturated carbocycles. The van der Waals surface area contributed by atoms with E-state index >= 15 is 0 Å². The van der Waals surface area contributed by atoms with Crippen LogP contribution < -0.4 is 5.56 Å². The zero-order chi connectivity index (χ0) is 21.5. The van der Waals surface area contributed by atoms with Crippen LogP contribution in [0.15, 0.2) is 23.0 Å². The Labute approximate surface area is 167 Å². The van der Waals surface area contributed by atoms with Gasteiger partial charge in [-0.15, -0.1) is 0 Å². The summed E-state index contributed by atoms with van der Waals surface area (Å²) in [6.45, 7) is 8.53. The highest BCUT2D eigenvalue weighted by Gasteiger charge is 2.30. The Hall–Kier alpha value is -3.03. The number of rotatable bonds is 2. The van der Waals surface area contributed by atoms with Crippen LogP contribution in [0, 0.1) is 25.5 Å². The molecule has 0 N–H and O–H groups in total. The molecule has 1 aliphatic heterocycles. The maximum atomic E-state index is 14.0. The maximum Gasteiger partial charge on any atom is 0.276 e. The summed E-state index contributed by atoms with van der Waals surface area (Å²) in [7, 11) is 1.73. The number of benzene rings is 1. The summed E-state index contributed by atoms with van der Waals surface area (Å²) >= 11 is 0. The third-order valence-electron chi connectivity index (χ3n) is 5.11. The molecule has 1 aromatic carbocycles. The molecule has 0 spiro atoms. The fourth-order valence-electron chi connectivity index (χ4n) is 3.74. The van der Waals surface area contributed by atoms with E-state index in [1.165, 1.54) is 10.7 Å². The van der Waals surface area contributed by atoms with Crippen LogP contribution >= 0.6 is 0 Å². The van der Waals surface area contributed by atoms with Crippen molar-refractivity contribution >= 4 is 16.8 Å². The number of likely N-dealkylation sites (N-methyl/N-ethyl adjacent to an activating group) is 1. The standard InChI is InChI=1S/C19H18F2N4O2.C2H6/c1-10-15-17(24-7-6-23(3)19(27)16(10)24)11(2)22-25(18(15)26)9-12-4-5-13(20)8-14(12)21;1-2/h4-5,8H,6-7,9H2,1-3H3;1-2H3. The van der Waals surface area contributed by atoms with Crippen LogP contribution in [0.2, 0.25) is 0 Å². The predicted molar refractivity (Wildman–Crippen MR) is 107 cm³/mol. The lowest BCUT2D eigenvalue weighted by atomic mass is 10.1. The van der Waals surface area contributed by atoms with Gasteiger partial charge in [-0.05, 0) is 25.5 Å². The van der Waals surface area contributed by atoms with Crippen molar-refractivity contribution < 1.29 is 13.6 Å². The molecule has 0 aliphatic carbocycles. The molecule has 0 saturated heterocycles. The lowest BCUT2D eigenvalue weighted by Crippen LogP contribution is -2.37. The molecule has 0 unspecified atom stereocenters. The Balaban J connectivity index is 0.00000117. The van der Waals surface area contributed by atoms with Crippen molar-refractivity contribution in [1.29, 1.82) is 0 Å². The highest BCUT2D eigenvalue weighted by Crippen LogP contribution is 2.28. The van der Waals surface area contributed by atoms with Crippen molar-refractivity contribution in [3.8, 4) is 0 Å². The van der Waals surface area contributed by atoms with E-state index in [4.69, 9.17) is 0 Å². The smallest absolute Gasteiger partial charge is 0.276 e. The third kappa shape index (κ3) is 3.32. The van der Waals surface area contributed by atoms with Crippen LogP contribution in [-0.4, -0.2) is 38.7 Å². The molecule has 0 radical (unpaired) electrons. The molecule has 4 rings (SSSR count). The lowest BCUT2D eigenvalue weighted by Gasteiger charge is -2.25. The third-order valence-corrected chi connectivity index (χ3v) is 5.11. The molecule has 2 aromatic heterocycles. The van der Waals surface area contributed by atoms with E-state index in [0.717, 1.165) is 12.1 Å².